The molecule has 1 aromatic heterocycles. The van der Waals surface area contributed by atoms with Gasteiger partial charge in [-0.25, -0.2) is 0 Å². The lowest BCUT2D eigenvalue weighted by atomic mass is 10.0. The van der Waals surface area contributed by atoms with Gasteiger partial charge in [-0.3, -0.25) is 4.90 Å². The molecule has 2 aliphatic heterocycles. The molecular formula is C17H20N2O2S. The first-order valence-electron chi connectivity index (χ1n) is 7.79. The molecule has 22 heavy (non-hydrogen) atoms. The third kappa shape index (κ3) is 2.72. The number of hydrogen-bond acceptors (Lipinski definition) is 5. The smallest absolute Gasteiger partial charge is 0.161 e. The van der Waals surface area contributed by atoms with Crippen LogP contribution in [0.1, 0.15) is 16.5 Å². The highest BCUT2D eigenvalue weighted by Gasteiger charge is 2.26. The van der Waals surface area contributed by atoms with Gasteiger partial charge in [-0.1, -0.05) is 12.1 Å². The Balaban J connectivity index is 1.70. The fraction of sp³-hybridized carbons (Fsp3) is 0.412. The van der Waals surface area contributed by atoms with E-state index in [4.69, 9.17) is 9.47 Å². The normalized spacial score (nSPS) is 19.8. The Morgan fingerprint density at radius 3 is 2.64 bits per heavy atom. The monoisotopic (exact) mass is 316 g/mol. The Morgan fingerprint density at radius 1 is 1.05 bits per heavy atom. The van der Waals surface area contributed by atoms with Gasteiger partial charge in [-0.05, 0) is 29.1 Å². The van der Waals surface area contributed by atoms with E-state index in [-0.39, 0.29) is 0 Å². The lowest BCUT2D eigenvalue weighted by Gasteiger charge is -2.35. The molecule has 1 aromatic carbocycles. The summed E-state index contributed by atoms with van der Waals surface area (Å²) in [5, 5.41) is 5.59. The van der Waals surface area contributed by atoms with Gasteiger partial charge in [0.15, 0.2) is 11.5 Å². The van der Waals surface area contributed by atoms with Gasteiger partial charge in [-0.15, -0.1) is 11.3 Å². The molecule has 2 aromatic rings. The van der Waals surface area contributed by atoms with Crippen molar-refractivity contribution in [2.45, 2.75) is 6.04 Å². The summed E-state index contributed by atoms with van der Waals surface area (Å²) < 4.78 is 11.4. The molecule has 0 unspecified atom stereocenters. The minimum absolute atomic E-state index is 0.304. The van der Waals surface area contributed by atoms with Crippen LogP contribution < -0.4 is 14.8 Å². The summed E-state index contributed by atoms with van der Waals surface area (Å²) in [5.74, 6) is 1.74. The molecule has 0 aliphatic carbocycles. The number of piperazine rings is 1. The Bertz CT molecular complexity index is 624. The van der Waals surface area contributed by atoms with Crippen molar-refractivity contribution in [3.8, 4) is 11.5 Å². The third-order valence-electron chi connectivity index (χ3n) is 4.21. The first kappa shape index (κ1) is 14.1. The Kier molecular flexibility index (Phi) is 4.01. The van der Waals surface area contributed by atoms with Crippen molar-refractivity contribution < 1.29 is 9.47 Å². The van der Waals surface area contributed by atoms with Crippen molar-refractivity contribution in [2.24, 2.45) is 0 Å². The lowest BCUT2D eigenvalue weighted by Crippen LogP contribution is -2.45. The summed E-state index contributed by atoms with van der Waals surface area (Å²) in [6, 6.07) is 11.0. The second-order valence-electron chi connectivity index (χ2n) is 5.61. The Hall–Kier alpha value is -1.56. The van der Waals surface area contributed by atoms with Crippen LogP contribution in [0.2, 0.25) is 0 Å². The molecule has 5 heteroatoms. The number of rotatable bonds is 3. The van der Waals surface area contributed by atoms with Crippen LogP contribution in [0.4, 0.5) is 0 Å². The molecule has 2 aliphatic rings. The van der Waals surface area contributed by atoms with E-state index in [1.807, 2.05) is 17.4 Å². The van der Waals surface area contributed by atoms with E-state index in [9.17, 15) is 0 Å². The standard InChI is InChI=1S/C17H20N2O2S/c1-2-16(22-11-1)17(19-7-5-18-6-8-19)13-3-4-14-15(12-13)21-10-9-20-14/h1-4,11-12,17-18H,5-10H2/t17-/m0/s1. The fourth-order valence-electron chi connectivity index (χ4n) is 3.17. The molecular weight excluding hydrogens is 296 g/mol. The van der Waals surface area contributed by atoms with Crippen LogP contribution in [0.5, 0.6) is 11.5 Å². The largest absolute Gasteiger partial charge is 0.486 e. The maximum atomic E-state index is 5.77. The SMILES string of the molecule is c1csc([C@H](c2ccc3c(c2)OCCO3)N2CCNCC2)c1. The molecule has 0 radical (unpaired) electrons. The Labute approximate surface area is 134 Å². The number of hydrogen-bond donors (Lipinski definition) is 1. The molecule has 4 nitrogen and oxygen atoms in total. The van der Waals surface area contributed by atoms with Gasteiger partial charge in [0.1, 0.15) is 13.2 Å². The number of nitrogens with one attached hydrogen (secondary N) is 1. The van der Waals surface area contributed by atoms with Crippen LogP contribution >= 0.6 is 11.3 Å². The molecule has 1 atom stereocenters. The zero-order valence-electron chi connectivity index (χ0n) is 12.5. The van der Waals surface area contributed by atoms with Crippen LogP contribution in [0.25, 0.3) is 0 Å². The van der Waals surface area contributed by atoms with E-state index in [2.05, 4.69) is 39.9 Å². The van der Waals surface area contributed by atoms with Crippen molar-refractivity contribution in [3.05, 3.63) is 46.2 Å². The van der Waals surface area contributed by atoms with Gasteiger partial charge in [0, 0.05) is 31.1 Å². The summed E-state index contributed by atoms with van der Waals surface area (Å²) in [4.78, 5) is 3.94. The van der Waals surface area contributed by atoms with Crippen molar-refractivity contribution in [1.29, 1.82) is 0 Å². The maximum absolute atomic E-state index is 5.77. The lowest BCUT2D eigenvalue weighted by molar-refractivity contribution is 0.169. The first-order valence-corrected chi connectivity index (χ1v) is 8.67. The molecule has 1 N–H and O–H groups in total. The van der Waals surface area contributed by atoms with Crippen LogP contribution in [0.3, 0.4) is 0 Å². The molecule has 0 bridgehead atoms. The van der Waals surface area contributed by atoms with Crippen LogP contribution in [0.15, 0.2) is 35.7 Å². The van der Waals surface area contributed by atoms with E-state index in [0.717, 1.165) is 37.7 Å². The van der Waals surface area contributed by atoms with E-state index in [0.29, 0.717) is 19.3 Å². The van der Waals surface area contributed by atoms with Crippen molar-refractivity contribution in [1.82, 2.24) is 10.2 Å². The zero-order chi connectivity index (χ0) is 14.8. The summed E-state index contributed by atoms with van der Waals surface area (Å²) in [6.07, 6.45) is 0. The highest BCUT2D eigenvalue weighted by molar-refractivity contribution is 7.10. The summed E-state index contributed by atoms with van der Waals surface area (Å²) in [6.45, 7) is 5.50. The molecule has 4 rings (SSSR count). The van der Waals surface area contributed by atoms with E-state index in [1.54, 1.807) is 0 Å². The summed E-state index contributed by atoms with van der Waals surface area (Å²) in [7, 11) is 0. The third-order valence-corrected chi connectivity index (χ3v) is 5.14. The van der Waals surface area contributed by atoms with Gasteiger partial charge in [0.25, 0.3) is 0 Å². The number of benzene rings is 1. The highest BCUT2D eigenvalue weighted by Crippen LogP contribution is 2.38. The average Bonchev–Trinajstić information content (AvgIpc) is 3.10. The second kappa shape index (κ2) is 6.28. The average molecular weight is 316 g/mol. The molecule has 0 amide bonds. The molecule has 1 saturated heterocycles. The number of ether oxygens (including phenoxy) is 2. The van der Waals surface area contributed by atoms with E-state index in [1.165, 1.54) is 10.4 Å². The highest BCUT2D eigenvalue weighted by atomic mass is 32.1. The summed E-state index contributed by atoms with van der Waals surface area (Å²) >= 11 is 1.82. The van der Waals surface area contributed by atoms with Gasteiger partial charge in [0.2, 0.25) is 0 Å². The number of nitrogens with zero attached hydrogens (tertiary/aromatic N) is 1. The minimum atomic E-state index is 0.304. The predicted molar refractivity (Wildman–Crippen MR) is 88.0 cm³/mol. The first-order chi connectivity index (χ1) is 10.9. The number of fused-ring (bicyclic) bond motifs is 1. The van der Waals surface area contributed by atoms with Crippen molar-refractivity contribution in [3.63, 3.8) is 0 Å². The van der Waals surface area contributed by atoms with Gasteiger partial charge < -0.3 is 14.8 Å². The van der Waals surface area contributed by atoms with E-state index < -0.39 is 0 Å². The topological polar surface area (TPSA) is 33.7 Å². The van der Waals surface area contributed by atoms with Crippen LogP contribution in [-0.2, 0) is 0 Å². The van der Waals surface area contributed by atoms with Crippen LogP contribution in [0, 0.1) is 0 Å². The predicted octanol–water partition coefficient (Wildman–Crippen LogP) is 2.51. The molecule has 3 heterocycles. The zero-order valence-corrected chi connectivity index (χ0v) is 13.3. The molecule has 0 spiro atoms. The minimum Gasteiger partial charge on any atom is -0.486 e. The van der Waals surface area contributed by atoms with Crippen LogP contribution in [-0.4, -0.2) is 44.3 Å². The van der Waals surface area contributed by atoms with Gasteiger partial charge in [-0.2, -0.15) is 0 Å². The number of thiophene rings is 1. The van der Waals surface area contributed by atoms with Crippen molar-refractivity contribution >= 4 is 11.3 Å². The van der Waals surface area contributed by atoms with Gasteiger partial charge >= 0.3 is 0 Å². The second-order valence-corrected chi connectivity index (χ2v) is 6.59. The Morgan fingerprint density at radius 2 is 1.86 bits per heavy atom. The summed E-state index contributed by atoms with van der Waals surface area (Å²) in [5.41, 5.74) is 1.29. The molecule has 0 saturated carbocycles. The quantitative estimate of drug-likeness (QED) is 0.943. The maximum Gasteiger partial charge on any atom is 0.161 e. The van der Waals surface area contributed by atoms with E-state index >= 15 is 0 Å². The fourth-order valence-corrected chi connectivity index (χ4v) is 4.06. The molecule has 1 fully saturated rings. The van der Waals surface area contributed by atoms with Gasteiger partial charge in [0.05, 0.1) is 6.04 Å². The van der Waals surface area contributed by atoms with Crippen molar-refractivity contribution in [2.75, 3.05) is 39.4 Å². The molecule has 116 valence electrons.